The first kappa shape index (κ1) is 5.58. The summed E-state index contributed by atoms with van der Waals surface area (Å²) in [4.78, 5) is 0. The summed E-state index contributed by atoms with van der Waals surface area (Å²) in [5.74, 6) is 5.33. The molecule has 0 spiro atoms. The van der Waals surface area contributed by atoms with Gasteiger partial charge in [-0.15, -0.1) is 5.11 Å². The van der Waals surface area contributed by atoms with Crippen LogP contribution < -0.4 is 5.84 Å². The van der Waals surface area contributed by atoms with Gasteiger partial charge in [-0.3, -0.25) is 5.01 Å². The van der Waals surface area contributed by atoms with Crippen LogP contribution in [0.3, 0.4) is 0 Å². The third kappa shape index (κ3) is 0.696. The summed E-state index contributed by atoms with van der Waals surface area (Å²) in [6, 6.07) is 0. The largest absolute Gasteiger partial charge is 0.258 e. The van der Waals surface area contributed by atoms with Crippen molar-refractivity contribution in [1.29, 1.82) is 0 Å². The van der Waals surface area contributed by atoms with Crippen LogP contribution in [0, 0.1) is 0 Å². The first-order valence-electron chi connectivity index (χ1n) is 2.20. The monoisotopic (exact) mass is 130 g/mol. The average Bonchev–Trinajstić information content (AvgIpc) is 1.98. The predicted molar refractivity (Wildman–Crippen MR) is 32.9 cm³/mol. The number of azo groups is 1. The zero-order valence-electron chi connectivity index (χ0n) is 4.40. The number of hydrazine groups is 1. The first-order valence-corrected chi connectivity index (χ1v) is 2.61. The molecule has 0 fully saturated rings. The zero-order valence-corrected chi connectivity index (χ0v) is 5.22. The van der Waals surface area contributed by atoms with Crippen molar-refractivity contribution in [2.24, 2.45) is 16.1 Å². The van der Waals surface area contributed by atoms with Gasteiger partial charge < -0.3 is 0 Å². The fraction of sp³-hybridized carbons (Fsp3) is 0.667. The van der Waals surface area contributed by atoms with Crippen LogP contribution in [-0.4, -0.2) is 16.3 Å². The third-order valence-corrected chi connectivity index (χ3v) is 1.23. The van der Waals surface area contributed by atoms with Gasteiger partial charge in [0, 0.05) is 0 Å². The number of rotatable bonds is 0. The van der Waals surface area contributed by atoms with Crippen molar-refractivity contribution < 1.29 is 0 Å². The maximum atomic E-state index is 5.33. The van der Waals surface area contributed by atoms with E-state index >= 15 is 0 Å². The maximum Gasteiger partial charge on any atom is 0.232 e. The van der Waals surface area contributed by atoms with Gasteiger partial charge in [0.25, 0.3) is 0 Å². The highest BCUT2D eigenvalue weighted by Gasteiger charge is 2.17. The van der Waals surface area contributed by atoms with E-state index in [0.717, 1.165) is 0 Å². The minimum Gasteiger partial charge on any atom is -0.258 e. The molecule has 0 bridgehead atoms. The molecule has 1 atom stereocenters. The molecule has 0 aromatic carbocycles. The van der Waals surface area contributed by atoms with E-state index < -0.39 is 0 Å². The highest BCUT2D eigenvalue weighted by Crippen LogP contribution is 2.05. The van der Waals surface area contributed by atoms with Crippen molar-refractivity contribution in [2.75, 3.05) is 0 Å². The minimum absolute atomic E-state index is 0.0810. The van der Waals surface area contributed by atoms with Crippen LogP contribution in [0.4, 0.5) is 0 Å². The molecule has 0 aliphatic carbocycles. The molecule has 8 heavy (non-hydrogen) atoms. The summed E-state index contributed by atoms with van der Waals surface area (Å²) in [5.41, 5.74) is 0. The van der Waals surface area contributed by atoms with Crippen LogP contribution in [0.15, 0.2) is 10.2 Å². The van der Waals surface area contributed by atoms with Crippen molar-refractivity contribution in [3.8, 4) is 0 Å². The van der Waals surface area contributed by atoms with Gasteiger partial charge in [-0.1, -0.05) is 0 Å². The molecule has 1 aliphatic rings. The number of hydrogen-bond acceptors (Lipinski definition) is 3. The molecule has 0 amide bonds. The summed E-state index contributed by atoms with van der Waals surface area (Å²) in [5, 5.41) is 8.94. The lowest BCUT2D eigenvalue weighted by molar-refractivity contribution is 0.376. The molecule has 0 saturated carbocycles. The first-order chi connectivity index (χ1) is 3.72. The lowest BCUT2D eigenvalue weighted by atomic mass is 10.6. The van der Waals surface area contributed by atoms with E-state index in [9.17, 15) is 0 Å². The molecule has 4 nitrogen and oxygen atoms in total. The summed E-state index contributed by atoms with van der Waals surface area (Å²) in [6.07, 6.45) is -0.0810. The Morgan fingerprint density at radius 1 is 1.88 bits per heavy atom. The van der Waals surface area contributed by atoms with Crippen LogP contribution in [0.5, 0.6) is 0 Å². The van der Waals surface area contributed by atoms with Crippen molar-refractivity contribution in [3.05, 3.63) is 0 Å². The SMILES string of the molecule is CC1N=NC(=S)N1N. The number of thiocarbonyl (C=S) groups is 1. The molecule has 1 rings (SSSR count). The Morgan fingerprint density at radius 3 is 2.62 bits per heavy atom. The van der Waals surface area contributed by atoms with Gasteiger partial charge in [0.1, 0.15) is 0 Å². The summed E-state index contributed by atoms with van der Waals surface area (Å²) in [7, 11) is 0. The molecule has 0 aromatic rings. The quantitative estimate of drug-likeness (QED) is 0.378. The Labute approximate surface area is 52.3 Å². The Kier molecular flexibility index (Phi) is 1.22. The van der Waals surface area contributed by atoms with E-state index in [0.29, 0.717) is 5.11 Å². The molecule has 0 radical (unpaired) electrons. The lowest BCUT2D eigenvalue weighted by Crippen LogP contribution is -2.37. The summed E-state index contributed by atoms with van der Waals surface area (Å²) >= 11 is 4.66. The van der Waals surface area contributed by atoms with Gasteiger partial charge in [-0.25, -0.2) is 5.84 Å². The normalized spacial score (nSPS) is 27.5. The average molecular weight is 130 g/mol. The fourth-order valence-corrected chi connectivity index (χ4v) is 0.600. The molecule has 0 aromatic heterocycles. The van der Waals surface area contributed by atoms with Crippen molar-refractivity contribution >= 4 is 17.3 Å². The van der Waals surface area contributed by atoms with Crippen molar-refractivity contribution in [3.63, 3.8) is 0 Å². The summed E-state index contributed by atoms with van der Waals surface area (Å²) in [6.45, 7) is 1.82. The van der Waals surface area contributed by atoms with Gasteiger partial charge >= 0.3 is 0 Å². The van der Waals surface area contributed by atoms with Crippen molar-refractivity contribution in [2.45, 2.75) is 13.1 Å². The Balaban J connectivity index is 2.69. The lowest BCUT2D eigenvalue weighted by Gasteiger charge is -2.10. The van der Waals surface area contributed by atoms with Gasteiger partial charge in [0.05, 0.1) is 0 Å². The molecule has 2 N–H and O–H groups in total. The Hall–Kier alpha value is -0.550. The number of nitrogens with two attached hydrogens (primary N) is 1. The van der Waals surface area contributed by atoms with E-state index in [4.69, 9.17) is 5.84 Å². The van der Waals surface area contributed by atoms with Crippen LogP contribution >= 0.6 is 12.2 Å². The topological polar surface area (TPSA) is 54.0 Å². The van der Waals surface area contributed by atoms with E-state index in [1.807, 2.05) is 6.92 Å². The van der Waals surface area contributed by atoms with Crippen LogP contribution in [0.1, 0.15) is 6.92 Å². The Bertz CT molecular complexity index is 142. The van der Waals surface area contributed by atoms with Crippen LogP contribution in [0.25, 0.3) is 0 Å². The molecular formula is C3H6N4S. The third-order valence-electron chi connectivity index (χ3n) is 0.934. The second-order valence-corrected chi connectivity index (χ2v) is 1.90. The predicted octanol–water partition coefficient (Wildman–Crippen LogP) is 0.259. The maximum absolute atomic E-state index is 5.33. The van der Waals surface area contributed by atoms with Gasteiger partial charge in [0.15, 0.2) is 6.17 Å². The van der Waals surface area contributed by atoms with Crippen LogP contribution in [0.2, 0.25) is 0 Å². The van der Waals surface area contributed by atoms with Gasteiger partial charge in [0.2, 0.25) is 5.11 Å². The van der Waals surface area contributed by atoms with E-state index in [1.165, 1.54) is 5.01 Å². The molecule has 0 saturated heterocycles. The smallest absolute Gasteiger partial charge is 0.232 e. The van der Waals surface area contributed by atoms with Crippen molar-refractivity contribution in [1.82, 2.24) is 5.01 Å². The fourth-order valence-electron chi connectivity index (χ4n) is 0.400. The van der Waals surface area contributed by atoms with Gasteiger partial charge in [-0.05, 0) is 19.1 Å². The van der Waals surface area contributed by atoms with Gasteiger partial charge in [-0.2, -0.15) is 5.11 Å². The Morgan fingerprint density at radius 2 is 2.50 bits per heavy atom. The minimum atomic E-state index is -0.0810. The van der Waals surface area contributed by atoms with E-state index in [1.54, 1.807) is 0 Å². The number of nitrogens with zero attached hydrogens (tertiary/aromatic N) is 3. The molecule has 1 aliphatic heterocycles. The van der Waals surface area contributed by atoms with E-state index in [-0.39, 0.29) is 6.17 Å². The highest BCUT2D eigenvalue weighted by molar-refractivity contribution is 7.80. The molecular weight excluding hydrogens is 124 g/mol. The van der Waals surface area contributed by atoms with E-state index in [2.05, 4.69) is 22.4 Å². The standard InChI is InChI=1S/C3H6N4S/c1-2-5-6-3(8)7(2)4/h2H,4H2,1H3. The molecule has 1 unspecified atom stereocenters. The molecule has 1 heterocycles. The highest BCUT2D eigenvalue weighted by atomic mass is 32.1. The zero-order chi connectivity index (χ0) is 6.15. The molecule has 5 heteroatoms. The second-order valence-electron chi connectivity index (χ2n) is 1.54. The number of hydrogen-bond donors (Lipinski definition) is 1. The second kappa shape index (κ2) is 1.75. The molecule has 44 valence electrons. The summed E-state index contributed by atoms with van der Waals surface area (Å²) < 4.78 is 0. The van der Waals surface area contributed by atoms with Crippen LogP contribution in [-0.2, 0) is 0 Å².